The Hall–Kier alpha value is -1.16. The highest BCUT2D eigenvalue weighted by Crippen LogP contribution is 2.46. The Morgan fingerprint density at radius 3 is 2.81 bits per heavy atom. The lowest BCUT2D eigenvalue weighted by Crippen LogP contribution is -2.12. The number of aromatic nitrogens is 2. The number of carbonyl (C=O) groups excluding carboxylic acids is 1. The van der Waals surface area contributed by atoms with Crippen LogP contribution in [0.2, 0.25) is 5.15 Å². The van der Waals surface area contributed by atoms with Crippen molar-refractivity contribution in [3.8, 4) is 0 Å². The van der Waals surface area contributed by atoms with E-state index in [4.69, 9.17) is 16.3 Å². The van der Waals surface area contributed by atoms with Gasteiger partial charge in [0.2, 0.25) is 0 Å². The number of nitrogens with zero attached hydrogens (tertiary/aromatic N) is 2. The number of hydrogen-bond donors (Lipinski definition) is 0. The molecule has 1 saturated carbocycles. The normalized spacial score (nSPS) is 16.9. The maximum atomic E-state index is 11.5. The van der Waals surface area contributed by atoms with Crippen LogP contribution in [0.1, 0.15) is 42.9 Å². The van der Waals surface area contributed by atoms with Crippen molar-refractivity contribution in [1.82, 2.24) is 9.97 Å². The zero-order valence-corrected chi connectivity index (χ0v) is 10.0. The van der Waals surface area contributed by atoms with Gasteiger partial charge in [-0.05, 0) is 19.8 Å². The number of hydrogen-bond acceptors (Lipinski definition) is 4. The van der Waals surface area contributed by atoms with E-state index in [1.807, 2.05) is 0 Å². The third kappa shape index (κ3) is 2.02. The van der Waals surface area contributed by atoms with Crippen molar-refractivity contribution in [2.45, 2.75) is 32.1 Å². The second-order valence-electron chi connectivity index (χ2n) is 4.18. The molecule has 5 heteroatoms. The summed E-state index contributed by atoms with van der Waals surface area (Å²) in [4.78, 5) is 19.8. The molecule has 1 aromatic heterocycles. The van der Waals surface area contributed by atoms with E-state index in [2.05, 4.69) is 16.9 Å². The van der Waals surface area contributed by atoms with Crippen LogP contribution in [0.15, 0.2) is 6.20 Å². The van der Waals surface area contributed by atoms with Gasteiger partial charge in [-0.2, -0.15) is 0 Å². The van der Waals surface area contributed by atoms with Crippen molar-refractivity contribution in [3.63, 3.8) is 0 Å². The van der Waals surface area contributed by atoms with Gasteiger partial charge in [0.15, 0.2) is 0 Å². The van der Waals surface area contributed by atoms with Crippen molar-refractivity contribution in [3.05, 3.63) is 22.7 Å². The fraction of sp³-hybridized carbons (Fsp3) is 0.545. The van der Waals surface area contributed by atoms with Crippen molar-refractivity contribution < 1.29 is 9.53 Å². The first-order chi connectivity index (χ1) is 7.57. The Morgan fingerprint density at radius 2 is 2.31 bits per heavy atom. The lowest BCUT2D eigenvalue weighted by atomic mass is 10.1. The number of rotatable bonds is 3. The zero-order valence-electron chi connectivity index (χ0n) is 9.29. The molecule has 1 heterocycles. The lowest BCUT2D eigenvalue weighted by Gasteiger charge is -2.08. The summed E-state index contributed by atoms with van der Waals surface area (Å²) >= 11 is 5.94. The van der Waals surface area contributed by atoms with Gasteiger partial charge in [-0.25, -0.2) is 14.8 Å². The summed E-state index contributed by atoms with van der Waals surface area (Å²) in [5.41, 5.74) is 0.285. The molecule has 1 aliphatic carbocycles. The van der Waals surface area contributed by atoms with E-state index in [0.717, 1.165) is 12.8 Å². The van der Waals surface area contributed by atoms with Gasteiger partial charge >= 0.3 is 5.97 Å². The van der Waals surface area contributed by atoms with Crippen LogP contribution < -0.4 is 0 Å². The van der Waals surface area contributed by atoms with E-state index in [9.17, 15) is 4.79 Å². The van der Waals surface area contributed by atoms with E-state index in [0.29, 0.717) is 12.4 Å². The number of esters is 1. The largest absolute Gasteiger partial charge is 0.462 e. The SMILES string of the molecule is CCOC(=O)c1cnc(C2(C)CC2)nc1Cl. The second-order valence-corrected chi connectivity index (χ2v) is 4.54. The molecule has 1 aliphatic rings. The van der Waals surface area contributed by atoms with Crippen LogP contribution in [0.5, 0.6) is 0 Å². The van der Waals surface area contributed by atoms with Gasteiger partial charge < -0.3 is 4.74 Å². The molecular formula is C11H13ClN2O2. The predicted molar refractivity (Wildman–Crippen MR) is 59.6 cm³/mol. The second kappa shape index (κ2) is 4.01. The molecule has 0 spiro atoms. The van der Waals surface area contributed by atoms with Gasteiger partial charge in [0.05, 0.1) is 6.61 Å². The van der Waals surface area contributed by atoms with Gasteiger partial charge in [-0.3, -0.25) is 0 Å². The van der Waals surface area contributed by atoms with E-state index in [1.54, 1.807) is 6.92 Å². The maximum Gasteiger partial charge on any atom is 0.342 e. The molecular weight excluding hydrogens is 228 g/mol. The minimum atomic E-state index is -0.472. The molecule has 1 aromatic rings. The molecule has 0 radical (unpaired) electrons. The first kappa shape index (κ1) is 11.3. The number of halogens is 1. The highest BCUT2D eigenvalue weighted by Gasteiger charge is 2.42. The van der Waals surface area contributed by atoms with Crippen LogP contribution in [0.3, 0.4) is 0 Å². The molecule has 0 aromatic carbocycles. The molecule has 0 bridgehead atoms. The Morgan fingerprint density at radius 1 is 1.62 bits per heavy atom. The molecule has 0 aliphatic heterocycles. The van der Waals surface area contributed by atoms with E-state index >= 15 is 0 Å². The average Bonchev–Trinajstić information content (AvgIpc) is 2.98. The Kier molecular flexibility index (Phi) is 2.84. The van der Waals surface area contributed by atoms with Crippen LogP contribution in [0, 0.1) is 0 Å². The quantitative estimate of drug-likeness (QED) is 0.601. The fourth-order valence-electron chi connectivity index (χ4n) is 1.41. The lowest BCUT2D eigenvalue weighted by molar-refractivity contribution is 0.0525. The molecule has 1 fully saturated rings. The summed E-state index contributed by atoms with van der Waals surface area (Å²) in [5, 5.41) is 0.177. The van der Waals surface area contributed by atoms with Crippen molar-refractivity contribution >= 4 is 17.6 Å². The minimum Gasteiger partial charge on any atom is -0.462 e. The fourth-order valence-corrected chi connectivity index (χ4v) is 1.61. The Balaban J connectivity index is 2.26. The summed E-state index contributed by atoms with van der Waals surface area (Å²) in [6.07, 6.45) is 3.59. The third-order valence-corrected chi connectivity index (χ3v) is 3.07. The van der Waals surface area contributed by atoms with E-state index < -0.39 is 5.97 Å². The molecule has 0 saturated heterocycles. The van der Waals surface area contributed by atoms with Crippen LogP contribution in [-0.2, 0) is 10.2 Å². The van der Waals surface area contributed by atoms with Crippen molar-refractivity contribution in [2.24, 2.45) is 0 Å². The Bertz CT molecular complexity index is 430. The number of carbonyl (C=O) groups is 1. The summed E-state index contributed by atoms with van der Waals surface area (Å²) < 4.78 is 4.85. The highest BCUT2D eigenvalue weighted by molar-refractivity contribution is 6.32. The van der Waals surface area contributed by atoms with Gasteiger partial charge in [0.25, 0.3) is 0 Å². The zero-order chi connectivity index (χ0) is 11.8. The van der Waals surface area contributed by atoms with Crippen LogP contribution in [0.4, 0.5) is 0 Å². The van der Waals surface area contributed by atoms with Crippen LogP contribution >= 0.6 is 11.6 Å². The van der Waals surface area contributed by atoms with E-state index in [-0.39, 0.29) is 16.1 Å². The average molecular weight is 241 g/mol. The van der Waals surface area contributed by atoms with E-state index in [1.165, 1.54) is 6.20 Å². The molecule has 0 amide bonds. The monoisotopic (exact) mass is 240 g/mol. The molecule has 4 nitrogen and oxygen atoms in total. The standard InChI is InChI=1S/C11H13ClN2O2/c1-3-16-9(15)7-6-13-10(14-8(7)12)11(2)4-5-11/h6H,3-5H2,1-2H3. The summed E-state index contributed by atoms with van der Waals surface area (Å²) in [6, 6.07) is 0. The summed E-state index contributed by atoms with van der Waals surface area (Å²) in [7, 11) is 0. The van der Waals surface area contributed by atoms with Crippen LogP contribution in [-0.4, -0.2) is 22.5 Å². The molecule has 86 valence electrons. The third-order valence-electron chi connectivity index (χ3n) is 2.78. The Labute approximate surface area is 99.0 Å². The smallest absolute Gasteiger partial charge is 0.342 e. The molecule has 0 unspecified atom stereocenters. The maximum absolute atomic E-state index is 11.5. The van der Waals surface area contributed by atoms with Gasteiger partial charge in [-0.15, -0.1) is 0 Å². The predicted octanol–water partition coefficient (Wildman–Crippen LogP) is 2.36. The number of ether oxygens (including phenoxy) is 1. The summed E-state index contributed by atoms with van der Waals surface area (Å²) in [5.74, 6) is 0.241. The minimum absolute atomic E-state index is 0.0524. The molecule has 2 rings (SSSR count). The highest BCUT2D eigenvalue weighted by atomic mass is 35.5. The molecule has 0 N–H and O–H groups in total. The van der Waals surface area contributed by atoms with Gasteiger partial charge in [0.1, 0.15) is 16.5 Å². The molecule has 0 atom stereocenters. The van der Waals surface area contributed by atoms with Crippen LogP contribution in [0.25, 0.3) is 0 Å². The van der Waals surface area contributed by atoms with Crippen molar-refractivity contribution in [1.29, 1.82) is 0 Å². The first-order valence-electron chi connectivity index (χ1n) is 5.27. The van der Waals surface area contributed by atoms with Gasteiger partial charge in [-0.1, -0.05) is 18.5 Å². The first-order valence-corrected chi connectivity index (χ1v) is 5.65. The molecule has 16 heavy (non-hydrogen) atoms. The van der Waals surface area contributed by atoms with Gasteiger partial charge in [0, 0.05) is 11.6 Å². The van der Waals surface area contributed by atoms with Crippen molar-refractivity contribution in [2.75, 3.05) is 6.61 Å². The summed E-state index contributed by atoms with van der Waals surface area (Å²) in [6.45, 7) is 4.14. The topological polar surface area (TPSA) is 52.1 Å².